The van der Waals surface area contributed by atoms with E-state index in [1.807, 2.05) is 0 Å². The molecule has 0 saturated heterocycles. The molecule has 0 spiro atoms. The van der Waals surface area contributed by atoms with Crippen LogP contribution in [-0.4, -0.2) is 29.4 Å². The number of hydrogen-bond donors (Lipinski definition) is 2. The predicted octanol–water partition coefficient (Wildman–Crippen LogP) is 2.11. The van der Waals surface area contributed by atoms with Gasteiger partial charge in [0.2, 0.25) is 0 Å². The molecular formula is C13H23ClN4O. The van der Waals surface area contributed by atoms with E-state index in [1.54, 1.807) is 6.20 Å². The summed E-state index contributed by atoms with van der Waals surface area (Å²) in [5, 5.41) is 10.8. The fourth-order valence-electron chi connectivity index (χ4n) is 1.67. The van der Waals surface area contributed by atoms with Crippen molar-refractivity contribution >= 4 is 17.3 Å². The third-order valence-corrected chi connectivity index (χ3v) is 3.17. The summed E-state index contributed by atoms with van der Waals surface area (Å²) in [7, 11) is 0. The maximum absolute atomic E-state index is 11.9. The number of halogens is 1. The van der Waals surface area contributed by atoms with Gasteiger partial charge in [0.15, 0.2) is 0 Å². The first kappa shape index (κ1) is 16.0. The molecule has 0 saturated carbocycles. The normalized spacial score (nSPS) is 10.7. The molecule has 0 aromatic carbocycles. The molecule has 1 aromatic rings. The van der Waals surface area contributed by atoms with Gasteiger partial charge in [-0.3, -0.25) is 4.79 Å². The Morgan fingerprint density at radius 3 is 2.79 bits per heavy atom. The molecule has 0 aliphatic heterocycles. The van der Waals surface area contributed by atoms with Crippen molar-refractivity contribution in [1.82, 2.24) is 15.1 Å². The Hall–Kier alpha value is -1.07. The summed E-state index contributed by atoms with van der Waals surface area (Å²) < 4.78 is 1.43. The molecule has 0 amide bonds. The highest BCUT2D eigenvalue weighted by molar-refractivity contribution is 6.32. The van der Waals surface area contributed by atoms with Crippen molar-refractivity contribution in [1.29, 1.82) is 0 Å². The molecule has 6 heteroatoms. The Bertz CT molecular complexity index is 433. The van der Waals surface area contributed by atoms with Crippen molar-refractivity contribution in [3.63, 3.8) is 0 Å². The van der Waals surface area contributed by atoms with Crippen molar-refractivity contribution in [2.75, 3.05) is 25.0 Å². The predicted molar refractivity (Wildman–Crippen MR) is 80.1 cm³/mol. The molecule has 19 heavy (non-hydrogen) atoms. The van der Waals surface area contributed by atoms with E-state index in [-0.39, 0.29) is 10.6 Å². The van der Waals surface area contributed by atoms with E-state index in [1.165, 1.54) is 4.68 Å². The maximum atomic E-state index is 11.9. The molecule has 1 rings (SSSR count). The highest BCUT2D eigenvalue weighted by Gasteiger charge is 2.08. The van der Waals surface area contributed by atoms with Crippen LogP contribution in [-0.2, 0) is 6.54 Å². The number of aryl methyl sites for hydroxylation is 1. The zero-order chi connectivity index (χ0) is 14.1. The summed E-state index contributed by atoms with van der Waals surface area (Å²) in [5.74, 6) is 0. The van der Waals surface area contributed by atoms with Crippen molar-refractivity contribution in [3.8, 4) is 0 Å². The minimum absolute atomic E-state index is 0.216. The number of unbranched alkanes of at least 4 members (excludes halogenated alkanes) is 1. The van der Waals surface area contributed by atoms with Gasteiger partial charge in [-0.15, -0.1) is 0 Å². The molecular weight excluding hydrogens is 264 g/mol. The van der Waals surface area contributed by atoms with Crippen molar-refractivity contribution in [3.05, 3.63) is 21.6 Å². The van der Waals surface area contributed by atoms with Gasteiger partial charge in [-0.25, -0.2) is 4.68 Å². The number of hydrogen-bond acceptors (Lipinski definition) is 4. The van der Waals surface area contributed by atoms with E-state index in [4.69, 9.17) is 11.6 Å². The van der Waals surface area contributed by atoms with E-state index in [9.17, 15) is 4.79 Å². The summed E-state index contributed by atoms with van der Waals surface area (Å²) in [6, 6.07) is 0. The largest absolute Gasteiger partial charge is 0.382 e. The number of aromatic nitrogens is 2. The lowest BCUT2D eigenvalue weighted by molar-refractivity contribution is 0.543. The van der Waals surface area contributed by atoms with Gasteiger partial charge in [0, 0.05) is 13.1 Å². The van der Waals surface area contributed by atoms with Gasteiger partial charge in [0.1, 0.15) is 5.02 Å². The molecule has 1 heterocycles. The first-order valence-electron chi connectivity index (χ1n) is 6.90. The first-order chi connectivity index (χ1) is 9.20. The van der Waals surface area contributed by atoms with Crippen LogP contribution in [0.5, 0.6) is 0 Å². The van der Waals surface area contributed by atoms with Crippen LogP contribution in [0.15, 0.2) is 11.0 Å². The molecule has 1 aromatic heterocycles. The Kier molecular flexibility index (Phi) is 7.52. The van der Waals surface area contributed by atoms with Crippen molar-refractivity contribution < 1.29 is 0 Å². The Morgan fingerprint density at radius 1 is 1.32 bits per heavy atom. The monoisotopic (exact) mass is 286 g/mol. The van der Waals surface area contributed by atoms with Gasteiger partial charge in [0.05, 0.1) is 11.9 Å². The van der Waals surface area contributed by atoms with Crippen LogP contribution >= 0.6 is 11.6 Å². The quantitative estimate of drug-likeness (QED) is 0.683. The Morgan fingerprint density at radius 2 is 2.11 bits per heavy atom. The second kappa shape index (κ2) is 8.93. The number of nitrogens with zero attached hydrogens (tertiary/aromatic N) is 2. The van der Waals surface area contributed by atoms with E-state index in [0.29, 0.717) is 12.2 Å². The van der Waals surface area contributed by atoms with Crippen LogP contribution in [0.25, 0.3) is 0 Å². The molecule has 0 atom stereocenters. The van der Waals surface area contributed by atoms with Gasteiger partial charge >= 0.3 is 0 Å². The third-order valence-electron chi connectivity index (χ3n) is 2.80. The van der Waals surface area contributed by atoms with E-state index >= 15 is 0 Å². The number of rotatable bonds is 9. The van der Waals surface area contributed by atoms with Gasteiger partial charge in [-0.2, -0.15) is 5.10 Å². The molecule has 5 nitrogen and oxygen atoms in total. The fraction of sp³-hybridized carbons (Fsp3) is 0.692. The fourth-order valence-corrected chi connectivity index (χ4v) is 1.88. The average molecular weight is 287 g/mol. The summed E-state index contributed by atoms with van der Waals surface area (Å²) in [5.41, 5.74) is 0.405. The van der Waals surface area contributed by atoms with Crippen LogP contribution < -0.4 is 16.2 Å². The van der Waals surface area contributed by atoms with Gasteiger partial charge in [-0.05, 0) is 25.9 Å². The topological polar surface area (TPSA) is 59.0 Å². The van der Waals surface area contributed by atoms with Crippen molar-refractivity contribution in [2.45, 2.75) is 39.7 Å². The highest BCUT2D eigenvalue weighted by atomic mass is 35.5. The maximum Gasteiger partial charge on any atom is 0.287 e. The molecule has 0 aliphatic carbocycles. The summed E-state index contributed by atoms with van der Waals surface area (Å²) >= 11 is 6.07. The SMILES string of the molecule is CCCCn1ncc(NCCCNCC)c(Cl)c1=O. The van der Waals surface area contributed by atoms with E-state index in [2.05, 4.69) is 29.6 Å². The summed E-state index contributed by atoms with van der Waals surface area (Å²) in [6.45, 7) is 7.46. The molecule has 0 bridgehead atoms. The molecule has 0 fully saturated rings. The van der Waals surface area contributed by atoms with Crippen LogP contribution in [0.1, 0.15) is 33.1 Å². The highest BCUT2D eigenvalue weighted by Crippen LogP contribution is 2.15. The van der Waals surface area contributed by atoms with Crippen LogP contribution in [0.3, 0.4) is 0 Å². The zero-order valence-corrected chi connectivity index (χ0v) is 12.5. The third kappa shape index (κ3) is 5.20. The zero-order valence-electron chi connectivity index (χ0n) is 11.7. The smallest absolute Gasteiger partial charge is 0.287 e. The average Bonchev–Trinajstić information content (AvgIpc) is 2.42. The van der Waals surface area contributed by atoms with Gasteiger partial charge in [0.25, 0.3) is 5.56 Å². The van der Waals surface area contributed by atoms with Crippen LogP contribution in [0, 0.1) is 0 Å². The minimum Gasteiger partial charge on any atom is -0.382 e. The molecule has 2 N–H and O–H groups in total. The van der Waals surface area contributed by atoms with Crippen LogP contribution in [0.4, 0.5) is 5.69 Å². The lowest BCUT2D eigenvalue weighted by Crippen LogP contribution is -2.25. The number of nitrogens with one attached hydrogen (secondary N) is 2. The standard InChI is InChI=1S/C13H23ClN4O/c1-3-5-9-18-13(19)12(14)11(10-17-18)16-8-6-7-15-4-2/h10,15-16H,3-9H2,1-2H3. The number of anilines is 1. The lowest BCUT2D eigenvalue weighted by atomic mass is 10.3. The van der Waals surface area contributed by atoms with Gasteiger partial charge in [-0.1, -0.05) is 31.9 Å². The van der Waals surface area contributed by atoms with Crippen molar-refractivity contribution in [2.24, 2.45) is 0 Å². The molecule has 0 unspecified atom stereocenters. The van der Waals surface area contributed by atoms with Gasteiger partial charge < -0.3 is 10.6 Å². The molecule has 108 valence electrons. The second-order valence-electron chi connectivity index (χ2n) is 4.39. The molecule has 0 radical (unpaired) electrons. The van der Waals surface area contributed by atoms with Crippen LogP contribution in [0.2, 0.25) is 5.02 Å². The summed E-state index contributed by atoms with van der Waals surface area (Å²) in [4.78, 5) is 11.9. The molecule has 0 aliphatic rings. The Labute approximate surface area is 119 Å². The minimum atomic E-state index is -0.216. The van der Waals surface area contributed by atoms with E-state index in [0.717, 1.165) is 38.9 Å². The second-order valence-corrected chi connectivity index (χ2v) is 4.77. The van der Waals surface area contributed by atoms with E-state index < -0.39 is 0 Å². The summed E-state index contributed by atoms with van der Waals surface area (Å²) in [6.07, 6.45) is 4.56. The first-order valence-corrected chi connectivity index (χ1v) is 7.28. The lowest BCUT2D eigenvalue weighted by Gasteiger charge is -2.10. The Balaban J connectivity index is 2.56.